The van der Waals surface area contributed by atoms with E-state index in [9.17, 15) is 9.59 Å². The Morgan fingerprint density at radius 1 is 1.55 bits per heavy atom. The summed E-state index contributed by atoms with van der Waals surface area (Å²) in [5.41, 5.74) is -0.230. The lowest BCUT2D eigenvalue weighted by molar-refractivity contribution is -0.124. The lowest BCUT2D eigenvalue weighted by Crippen LogP contribution is -2.53. The van der Waals surface area contributed by atoms with Gasteiger partial charge in [-0.15, -0.1) is 0 Å². The second kappa shape index (κ2) is 6.06. The van der Waals surface area contributed by atoms with Crippen LogP contribution in [0.2, 0.25) is 5.02 Å². The number of nitrogens with one attached hydrogen (secondary N) is 1. The Morgan fingerprint density at radius 2 is 2.30 bits per heavy atom. The number of morpholine rings is 1. The zero-order valence-corrected chi connectivity index (χ0v) is 11.6. The highest BCUT2D eigenvalue weighted by atomic mass is 35.5. The van der Waals surface area contributed by atoms with Crippen LogP contribution in [0.15, 0.2) is 12.1 Å². The van der Waals surface area contributed by atoms with Crippen molar-refractivity contribution in [3.8, 4) is 0 Å². The van der Waals surface area contributed by atoms with Crippen LogP contribution in [0.1, 0.15) is 10.5 Å². The molecule has 0 aromatic carbocycles. The first kappa shape index (κ1) is 14.5. The molecule has 1 amide bonds. The van der Waals surface area contributed by atoms with Gasteiger partial charge in [0.25, 0.3) is 0 Å². The van der Waals surface area contributed by atoms with Crippen molar-refractivity contribution in [2.75, 3.05) is 31.7 Å². The Labute approximate surface area is 120 Å². The van der Waals surface area contributed by atoms with Gasteiger partial charge in [-0.3, -0.25) is 4.79 Å². The predicted molar refractivity (Wildman–Crippen MR) is 72.2 cm³/mol. The lowest BCUT2D eigenvalue weighted by Gasteiger charge is -2.35. The van der Waals surface area contributed by atoms with Crippen molar-refractivity contribution in [2.24, 2.45) is 0 Å². The summed E-state index contributed by atoms with van der Waals surface area (Å²) in [5.74, 6) is -1.02. The molecule has 1 atom stereocenters. The van der Waals surface area contributed by atoms with Gasteiger partial charge in [0.2, 0.25) is 5.91 Å². The molecule has 0 saturated carbocycles. The van der Waals surface area contributed by atoms with Gasteiger partial charge in [-0.05, 0) is 12.1 Å². The van der Waals surface area contributed by atoms with Gasteiger partial charge >= 0.3 is 5.97 Å². The van der Waals surface area contributed by atoms with Crippen LogP contribution >= 0.6 is 11.6 Å². The summed E-state index contributed by atoms with van der Waals surface area (Å²) in [6.07, 6.45) is 0. The van der Waals surface area contributed by atoms with E-state index >= 15 is 0 Å². The molecule has 0 bridgehead atoms. The fourth-order valence-electron chi connectivity index (χ4n) is 2.00. The smallest absolute Gasteiger partial charge is 0.356 e. The third-order valence-corrected chi connectivity index (χ3v) is 3.31. The summed E-state index contributed by atoms with van der Waals surface area (Å²) in [4.78, 5) is 28.6. The van der Waals surface area contributed by atoms with Crippen molar-refractivity contribution >= 4 is 29.3 Å². The second-order valence-electron chi connectivity index (χ2n) is 4.20. The highest BCUT2D eigenvalue weighted by Gasteiger charge is 2.30. The molecule has 1 saturated heterocycles. The monoisotopic (exact) mass is 299 g/mol. The molecular weight excluding hydrogens is 286 g/mol. The molecule has 1 unspecified atom stereocenters. The Balaban J connectivity index is 2.35. The molecule has 20 heavy (non-hydrogen) atoms. The van der Waals surface area contributed by atoms with Gasteiger partial charge in [0, 0.05) is 13.6 Å². The van der Waals surface area contributed by atoms with Gasteiger partial charge < -0.3 is 20.1 Å². The number of rotatable bonds is 3. The van der Waals surface area contributed by atoms with Gasteiger partial charge in [-0.2, -0.15) is 0 Å². The molecule has 1 fully saturated rings. The second-order valence-corrected chi connectivity index (χ2v) is 4.61. The fraction of sp³-hybridized carbons (Fsp3) is 0.417. The van der Waals surface area contributed by atoms with Crippen molar-refractivity contribution in [2.45, 2.75) is 6.04 Å². The number of amides is 1. The van der Waals surface area contributed by atoms with Crippen molar-refractivity contribution in [1.82, 2.24) is 10.3 Å². The number of hydrogen-bond donors (Lipinski definition) is 2. The third-order valence-electron chi connectivity index (χ3n) is 3.01. The van der Waals surface area contributed by atoms with E-state index in [0.29, 0.717) is 19.0 Å². The number of carbonyl (C=O) groups is 2. The first-order valence-electron chi connectivity index (χ1n) is 6.00. The number of hydrogen-bond acceptors (Lipinski definition) is 5. The molecule has 2 N–H and O–H groups in total. The number of halogens is 1. The van der Waals surface area contributed by atoms with Crippen LogP contribution in [0, 0.1) is 0 Å². The van der Waals surface area contributed by atoms with E-state index in [0.717, 1.165) is 0 Å². The molecule has 0 radical (unpaired) electrons. The van der Waals surface area contributed by atoms with E-state index in [1.54, 1.807) is 11.0 Å². The third kappa shape index (κ3) is 2.83. The van der Waals surface area contributed by atoms with E-state index in [2.05, 4.69) is 10.3 Å². The van der Waals surface area contributed by atoms with E-state index < -0.39 is 12.0 Å². The number of carbonyl (C=O) groups excluding carboxylic acids is 1. The summed E-state index contributed by atoms with van der Waals surface area (Å²) >= 11 is 5.79. The SMILES string of the molecule is CNC(=O)C1COCCN1c1ccc(Cl)c(C(=O)O)n1. The number of likely N-dealkylation sites (N-methyl/N-ethyl adjacent to an activating group) is 1. The van der Waals surface area contributed by atoms with Crippen LogP contribution in [-0.2, 0) is 9.53 Å². The summed E-state index contributed by atoms with van der Waals surface area (Å²) < 4.78 is 5.29. The number of pyridine rings is 1. The zero-order chi connectivity index (χ0) is 14.7. The Hall–Kier alpha value is -1.86. The molecular formula is C12H14ClN3O4. The Kier molecular flexibility index (Phi) is 4.41. The first-order valence-corrected chi connectivity index (χ1v) is 6.38. The predicted octanol–water partition coefficient (Wildman–Crippen LogP) is 0.384. The molecule has 1 aromatic rings. The van der Waals surface area contributed by atoms with Crippen LogP contribution in [-0.4, -0.2) is 54.8 Å². The van der Waals surface area contributed by atoms with Crippen LogP contribution in [0.4, 0.5) is 5.82 Å². The molecule has 0 spiro atoms. The average molecular weight is 300 g/mol. The van der Waals surface area contributed by atoms with Crippen molar-refractivity contribution < 1.29 is 19.4 Å². The van der Waals surface area contributed by atoms with Gasteiger partial charge in [0.05, 0.1) is 18.2 Å². The topological polar surface area (TPSA) is 91.8 Å². The average Bonchev–Trinajstić information content (AvgIpc) is 2.46. The number of nitrogens with zero attached hydrogens (tertiary/aromatic N) is 2. The number of aromatic carboxylic acids is 1. The maximum atomic E-state index is 11.8. The van der Waals surface area contributed by atoms with Crippen molar-refractivity contribution in [3.63, 3.8) is 0 Å². The highest BCUT2D eigenvalue weighted by molar-refractivity contribution is 6.33. The normalized spacial score (nSPS) is 18.7. The minimum atomic E-state index is -1.21. The maximum Gasteiger partial charge on any atom is 0.356 e. The standard InChI is InChI=1S/C12H14ClN3O4/c1-14-11(17)8-6-20-5-4-16(8)9-3-2-7(13)10(15-9)12(18)19/h2-3,8H,4-6H2,1H3,(H,14,17)(H,18,19). The van der Waals surface area contributed by atoms with Crippen LogP contribution in [0.25, 0.3) is 0 Å². The maximum absolute atomic E-state index is 11.8. The molecule has 108 valence electrons. The molecule has 1 aliphatic rings. The first-order chi connectivity index (χ1) is 9.54. The van der Waals surface area contributed by atoms with Crippen molar-refractivity contribution in [1.29, 1.82) is 0 Å². The quantitative estimate of drug-likeness (QED) is 0.838. The highest BCUT2D eigenvalue weighted by Crippen LogP contribution is 2.22. The van der Waals surface area contributed by atoms with Crippen LogP contribution < -0.4 is 10.2 Å². The number of carboxylic acids is 1. The number of ether oxygens (including phenoxy) is 1. The minimum Gasteiger partial charge on any atom is -0.476 e. The van der Waals surface area contributed by atoms with Gasteiger partial charge in [-0.1, -0.05) is 11.6 Å². The summed E-state index contributed by atoms with van der Waals surface area (Å²) in [5, 5.41) is 11.7. The van der Waals surface area contributed by atoms with Crippen LogP contribution in [0.3, 0.4) is 0 Å². The molecule has 2 heterocycles. The molecule has 1 aliphatic heterocycles. The van der Waals surface area contributed by atoms with Gasteiger partial charge in [0.1, 0.15) is 11.9 Å². The van der Waals surface area contributed by atoms with Gasteiger partial charge in [-0.25, -0.2) is 9.78 Å². The Morgan fingerprint density at radius 3 is 2.95 bits per heavy atom. The lowest BCUT2D eigenvalue weighted by atomic mass is 10.2. The minimum absolute atomic E-state index is 0.0611. The zero-order valence-electron chi connectivity index (χ0n) is 10.8. The number of aromatic nitrogens is 1. The summed E-state index contributed by atoms with van der Waals surface area (Å²) in [6, 6.07) is 2.52. The Bertz CT molecular complexity index is 537. The van der Waals surface area contributed by atoms with E-state index in [-0.39, 0.29) is 23.2 Å². The summed E-state index contributed by atoms with van der Waals surface area (Å²) in [7, 11) is 1.53. The number of carboxylic acid groups (broad SMARTS) is 1. The molecule has 2 rings (SSSR count). The van der Waals surface area contributed by atoms with E-state index in [1.807, 2.05) is 0 Å². The fourth-order valence-corrected chi connectivity index (χ4v) is 2.19. The van der Waals surface area contributed by atoms with Crippen molar-refractivity contribution in [3.05, 3.63) is 22.8 Å². The van der Waals surface area contributed by atoms with E-state index in [1.165, 1.54) is 13.1 Å². The van der Waals surface area contributed by atoms with Gasteiger partial charge in [0.15, 0.2) is 5.69 Å². The summed E-state index contributed by atoms with van der Waals surface area (Å²) in [6.45, 7) is 1.12. The molecule has 7 nitrogen and oxygen atoms in total. The molecule has 0 aliphatic carbocycles. The van der Waals surface area contributed by atoms with Crippen LogP contribution in [0.5, 0.6) is 0 Å². The molecule has 1 aromatic heterocycles. The molecule has 8 heteroatoms. The van der Waals surface area contributed by atoms with E-state index in [4.69, 9.17) is 21.4 Å². The number of anilines is 1. The largest absolute Gasteiger partial charge is 0.476 e.